The SMILES string of the molecule is COC1CCN(C(=O)C2CC(N3C(=O)c4cccc(c4)S(=O)(=O)Nc4nc(cc(-c5c(C)cccc5C)n4)OC[C@H]3CC(C)C)C2)CC1. The van der Waals surface area contributed by atoms with Crippen molar-refractivity contribution in [3.8, 4) is 17.1 Å². The van der Waals surface area contributed by atoms with E-state index >= 15 is 0 Å². The Morgan fingerprint density at radius 1 is 1.04 bits per heavy atom. The highest BCUT2D eigenvalue weighted by Crippen LogP contribution is 2.38. The maximum absolute atomic E-state index is 14.4. The van der Waals surface area contributed by atoms with Crippen molar-refractivity contribution in [2.75, 3.05) is 31.5 Å². The lowest BCUT2D eigenvalue weighted by molar-refractivity contribution is -0.143. The maximum Gasteiger partial charge on any atom is 0.264 e. The minimum absolute atomic E-state index is 0.0716. The molecule has 1 atom stereocenters. The number of sulfonamides is 1. The summed E-state index contributed by atoms with van der Waals surface area (Å²) in [6.07, 6.45) is 3.54. The highest BCUT2D eigenvalue weighted by atomic mass is 32.2. The molecule has 3 aliphatic rings. The summed E-state index contributed by atoms with van der Waals surface area (Å²) in [7, 11) is -2.45. The fourth-order valence-corrected chi connectivity index (χ4v) is 8.21. The standard InChI is InChI=1S/C36H45N5O6S/c1-22(2)16-28-21-47-32-20-31(33-23(3)8-6-9-24(33)4)37-36(38-32)39-48(44,45)30-11-7-10-25(19-30)35(43)41(28)27-17-26(18-27)34(42)40-14-12-29(46-5)13-15-40/h6-11,19-20,22,26-29H,12-18,21H2,1-5H3,(H,37,38,39)/t26?,27?,28-/m1/s1. The number of carbonyl (C=O) groups is 2. The number of benzene rings is 2. The first-order valence-corrected chi connectivity index (χ1v) is 18.3. The zero-order valence-corrected chi connectivity index (χ0v) is 29.1. The molecule has 1 aromatic heterocycles. The predicted molar refractivity (Wildman–Crippen MR) is 182 cm³/mol. The normalized spacial score (nSPS) is 22.9. The van der Waals surface area contributed by atoms with Crippen LogP contribution in [0, 0.1) is 25.7 Å². The van der Waals surface area contributed by atoms with Gasteiger partial charge in [-0.3, -0.25) is 9.59 Å². The number of nitrogens with zero attached hydrogens (tertiary/aromatic N) is 4. The summed E-state index contributed by atoms with van der Waals surface area (Å²) >= 11 is 0. The number of amides is 2. The fraction of sp³-hybridized carbons (Fsp3) is 0.500. The average molecular weight is 676 g/mol. The van der Waals surface area contributed by atoms with E-state index in [0.717, 1.165) is 29.5 Å². The lowest BCUT2D eigenvalue weighted by Crippen LogP contribution is -2.57. The largest absolute Gasteiger partial charge is 0.475 e. The van der Waals surface area contributed by atoms with E-state index in [1.54, 1.807) is 25.3 Å². The van der Waals surface area contributed by atoms with Gasteiger partial charge in [0, 0.05) is 49.4 Å². The van der Waals surface area contributed by atoms with Crippen LogP contribution in [0.25, 0.3) is 11.3 Å². The van der Waals surface area contributed by atoms with Crippen LogP contribution in [0.15, 0.2) is 53.4 Å². The lowest BCUT2D eigenvalue weighted by atomic mass is 9.77. The van der Waals surface area contributed by atoms with Gasteiger partial charge in [-0.1, -0.05) is 38.1 Å². The van der Waals surface area contributed by atoms with Crippen molar-refractivity contribution in [1.29, 1.82) is 0 Å². The molecule has 0 spiro atoms. The number of nitrogens with one attached hydrogen (secondary N) is 1. The van der Waals surface area contributed by atoms with Crippen molar-refractivity contribution in [3.05, 3.63) is 65.2 Å². The number of carbonyl (C=O) groups excluding carboxylic acids is 2. The summed E-state index contributed by atoms with van der Waals surface area (Å²) in [5, 5.41) is 0. The molecule has 2 amide bonds. The number of likely N-dealkylation sites (tertiary alicyclic amines) is 1. The third kappa shape index (κ3) is 7.05. The van der Waals surface area contributed by atoms with E-state index in [-0.39, 0.29) is 70.7 Å². The van der Waals surface area contributed by atoms with E-state index in [9.17, 15) is 18.0 Å². The zero-order valence-electron chi connectivity index (χ0n) is 28.3. The Labute approximate surface area is 283 Å². The van der Waals surface area contributed by atoms with Crippen LogP contribution in [-0.4, -0.2) is 85.0 Å². The summed E-state index contributed by atoms with van der Waals surface area (Å²) in [4.78, 5) is 40.6. The third-order valence-corrected chi connectivity index (χ3v) is 11.1. The van der Waals surface area contributed by atoms with Gasteiger partial charge in [0.15, 0.2) is 0 Å². The number of piperidine rings is 1. The molecular weight excluding hydrogens is 630 g/mol. The van der Waals surface area contributed by atoms with E-state index in [2.05, 4.69) is 28.5 Å². The summed E-state index contributed by atoms with van der Waals surface area (Å²) in [6, 6.07) is 13.1. The molecule has 11 nitrogen and oxygen atoms in total. The molecule has 2 fully saturated rings. The molecule has 48 heavy (non-hydrogen) atoms. The molecule has 0 radical (unpaired) electrons. The number of ether oxygens (including phenoxy) is 2. The number of aryl methyl sites for hydroxylation is 2. The molecule has 256 valence electrons. The number of fused-ring (bicyclic) bond motifs is 4. The first-order chi connectivity index (χ1) is 22.9. The second kappa shape index (κ2) is 13.8. The third-order valence-electron chi connectivity index (χ3n) is 9.79. The Morgan fingerprint density at radius 3 is 2.40 bits per heavy atom. The number of rotatable bonds is 6. The van der Waals surface area contributed by atoms with Crippen molar-refractivity contribution in [2.24, 2.45) is 11.8 Å². The Bertz CT molecular complexity index is 1760. The Balaban J connectivity index is 1.36. The van der Waals surface area contributed by atoms with Crippen LogP contribution < -0.4 is 9.46 Å². The van der Waals surface area contributed by atoms with Crippen molar-refractivity contribution in [1.82, 2.24) is 19.8 Å². The molecule has 2 aliphatic heterocycles. The van der Waals surface area contributed by atoms with E-state index in [1.807, 2.05) is 41.8 Å². The van der Waals surface area contributed by atoms with Gasteiger partial charge < -0.3 is 19.3 Å². The minimum Gasteiger partial charge on any atom is -0.475 e. The Hall–Kier alpha value is -4.03. The lowest BCUT2D eigenvalue weighted by Gasteiger charge is -2.47. The molecule has 12 heteroatoms. The van der Waals surface area contributed by atoms with Crippen LogP contribution >= 0.6 is 0 Å². The second-order valence-electron chi connectivity index (χ2n) is 13.7. The molecule has 1 saturated heterocycles. The molecular formula is C36H45N5O6S. The number of anilines is 1. The van der Waals surface area contributed by atoms with Gasteiger partial charge in [0.2, 0.25) is 17.7 Å². The summed E-state index contributed by atoms with van der Waals surface area (Å²) in [6.45, 7) is 9.63. The molecule has 0 unspecified atom stereocenters. The molecule has 2 aromatic carbocycles. The average Bonchev–Trinajstić information content (AvgIpc) is 3.03. The van der Waals surface area contributed by atoms with E-state index < -0.39 is 10.0 Å². The van der Waals surface area contributed by atoms with Gasteiger partial charge in [0.1, 0.15) is 6.61 Å². The zero-order chi connectivity index (χ0) is 34.2. The maximum atomic E-state index is 14.4. The fourth-order valence-electron chi connectivity index (χ4n) is 7.22. The van der Waals surface area contributed by atoms with Crippen molar-refractivity contribution >= 4 is 27.8 Å². The van der Waals surface area contributed by atoms with Crippen LogP contribution in [-0.2, 0) is 19.6 Å². The summed E-state index contributed by atoms with van der Waals surface area (Å²) < 4.78 is 41.7. The van der Waals surface area contributed by atoms with Gasteiger partial charge in [0.05, 0.1) is 22.7 Å². The molecule has 1 aliphatic carbocycles. The van der Waals surface area contributed by atoms with E-state index in [1.165, 1.54) is 12.1 Å². The molecule has 1 N–H and O–H groups in total. The van der Waals surface area contributed by atoms with Crippen LogP contribution in [0.3, 0.4) is 0 Å². The molecule has 4 bridgehead atoms. The summed E-state index contributed by atoms with van der Waals surface area (Å²) in [5.41, 5.74) is 3.60. The number of aromatic nitrogens is 2. The van der Waals surface area contributed by atoms with E-state index in [4.69, 9.17) is 9.47 Å². The van der Waals surface area contributed by atoms with Gasteiger partial charge in [-0.2, -0.15) is 4.98 Å². The number of hydrogen-bond donors (Lipinski definition) is 1. The molecule has 1 saturated carbocycles. The van der Waals surface area contributed by atoms with Gasteiger partial charge in [-0.15, -0.1) is 0 Å². The number of methoxy groups -OCH3 is 1. The predicted octanol–water partition coefficient (Wildman–Crippen LogP) is 5.23. The van der Waals surface area contributed by atoms with Crippen molar-refractivity contribution in [3.63, 3.8) is 0 Å². The van der Waals surface area contributed by atoms with Crippen LogP contribution in [0.1, 0.15) is 67.4 Å². The van der Waals surface area contributed by atoms with Gasteiger partial charge in [0.25, 0.3) is 15.9 Å². The topological polar surface area (TPSA) is 131 Å². The first kappa shape index (κ1) is 33.9. The van der Waals surface area contributed by atoms with Gasteiger partial charge in [-0.25, -0.2) is 18.1 Å². The monoisotopic (exact) mass is 675 g/mol. The quantitative estimate of drug-likeness (QED) is 0.376. The van der Waals surface area contributed by atoms with Crippen molar-refractivity contribution in [2.45, 2.75) is 82.9 Å². The van der Waals surface area contributed by atoms with E-state index in [0.29, 0.717) is 38.0 Å². The Morgan fingerprint density at radius 2 is 1.73 bits per heavy atom. The van der Waals surface area contributed by atoms with Crippen LogP contribution in [0.4, 0.5) is 5.95 Å². The van der Waals surface area contributed by atoms with Crippen LogP contribution in [0.2, 0.25) is 0 Å². The van der Waals surface area contributed by atoms with Crippen LogP contribution in [0.5, 0.6) is 5.88 Å². The highest BCUT2D eigenvalue weighted by Gasteiger charge is 2.44. The molecule has 3 aromatic rings. The molecule has 6 rings (SSSR count). The Kier molecular flexibility index (Phi) is 9.76. The number of hydrogen-bond acceptors (Lipinski definition) is 8. The smallest absolute Gasteiger partial charge is 0.264 e. The second-order valence-corrected chi connectivity index (χ2v) is 15.4. The highest BCUT2D eigenvalue weighted by molar-refractivity contribution is 7.92. The van der Waals surface area contributed by atoms with Crippen molar-refractivity contribution < 1.29 is 27.5 Å². The van der Waals surface area contributed by atoms with Gasteiger partial charge >= 0.3 is 0 Å². The minimum atomic E-state index is -4.16. The summed E-state index contributed by atoms with van der Waals surface area (Å²) in [5.74, 6) is -0.0215. The molecule has 3 heterocycles. The van der Waals surface area contributed by atoms with Gasteiger partial charge in [-0.05, 0) is 81.2 Å². The first-order valence-electron chi connectivity index (χ1n) is 16.8.